The Morgan fingerprint density at radius 3 is 1.85 bits per heavy atom. The fourth-order valence-electron chi connectivity index (χ4n) is 0.511. The molecule has 0 unspecified atom stereocenters. The van der Waals surface area contributed by atoms with E-state index in [4.69, 9.17) is 12.2 Å². The highest BCUT2D eigenvalue weighted by molar-refractivity contribution is 7.80. The summed E-state index contributed by atoms with van der Waals surface area (Å²) < 4.78 is 35.4. The molecule has 0 aromatic rings. The molecule has 1 nitrogen and oxygen atoms in total. The Kier molecular flexibility index (Phi) is 3.61. The average molecular weight is 212 g/mol. The van der Waals surface area contributed by atoms with Crippen molar-refractivity contribution in [2.75, 3.05) is 0 Å². The van der Waals surface area contributed by atoms with Gasteiger partial charge < -0.3 is 0 Å². The highest BCUT2D eigenvalue weighted by Crippen LogP contribution is 2.24. The van der Waals surface area contributed by atoms with Crippen molar-refractivity contribution >= 4 is 22.9 Å². The van der Waals surface area contributed by atoms with E-state index in [9.17, 15) is 18.0 Å². The molecule has 0 aromatic carbocycles. The first-order valence-electron chi connectivity index (χ1n) is 3.68. The van der Waals surface area contributed by atoms with Crippen LogP contribution in [-0.2, 0) is 4.79 Å². The molecule has 0 fully saturated rings. The maximum Gasteiger partial charge on any atom is 0.450 e. The van der Waals surface area contributed by atoms with E-state index in [0.717, 1.165) is 0 Å². The van der Waals surface area contributed by atoms with Crippen LogP contribution in [0, 0.1) is 5.41 Å². The molecule has 0 aliphatic rings. The van der Waals surface area contributed by atoms with Gasteiger partial charge >= 0.3 is 6.18 Å². The number of ketones is 1. The Hall–Kier alpha value is -0.450. The summed E-state index contributed by atoms with van der Waals surface area (Å²) in [5, 5.41) is 0. The van der Waals surface area contributed by atoms with Crippen LogP contribution in [0.25, 0.3) is 0 Å². The van der Waals surface area contributed by atoms with E-state index in [1.54, 1.807) is 20.8 Å². The van der Waals surface area contributed by atoms with Gasteiger partial charge in [-0.3, -0.25) is 4.79 Å². The van der Waals surface area contributed by atoms with Crippen molar-refractivity contribution in [3.63, 3.8) is 0 Å². The number of Topliss-reactive ketones (excluding diaryl/α,β-unsaturated/α-hetero) is 1. The van der Waals surface area contributed by atoms with Gasteiger partial charge in [0, 0.05) is 11.3 Å². The molecule has 0 aromatic heterocycles. The molecular formula is C8H11F3OS. The first kappa shape index (κ1) is 12.6. The minimum Gasteiger partial charge on any atom is -0.289 e. The number of halogens is 3. The van der Waals surface area contributed by atoms with Crippen molar-refractivity contribution in [1.82, 2.24) is 0 Å². The van der Waals surface area contributed by atoms with E-state index in [1.807, 2.05) is 0 Å². The van der Waals surface area contributed by atoms with Crippen LogP contribution >= 0.6 is 12.2 Å². The minimum atomic E-state index is -4.77. The molecule has 76 valence electrons. The molecule has 0 heterocycles. The lowest BCUT2D eigenvalue weighted by Crippen LogP contribution is -2.29. The summed E-state index contributed by atoms with van der Waals surface area (Å²) in [6.07, 6.45) is -5.46. The maximum atomic E-state index is 11.8. The number of alkyl halides is 3. The standard InChI is InChI=1S/C8H11F3OS/c1-7(2,3)6(13)4-5(12)8(9,10)11/h4H2,1-3H3. The van der Waals surface area contributed by atoms with Gasteiger partial charge in [-0.2, -0.15) is 13.2 Å². The Balaban J connectivity index is 4.34. The second-order valence-corrected chi connectivity index (χ2v) is 4.26. The van der Waals surface area contributed by atoms with Crippen molar-refractivity contribution in [1.29, 1.82) is 0 Å². The van der Waals surface area contributed by atoms with Gasteiger partial charge in [-0.1, -0.05) is 33.0 Å². The second-order valence-electron chi connectivity index (χ2n) is 3.77. The molecular weight excluding hydrogens is 201 g/mol. The summed E-state index contributed by atoms with van der Waals surface area (Å²) in [6, 6.07) is 0. The molecule has 0 saturated heterocycles. The fraction of sp³-hybridized carbons (Fsp3) is 0.750. The first-order valence-corrected chi connectivity index (χ1v) is 4.09. The lowest BCUT2D eigenvalue weighted by atomic mass is 9.89. The fourth-order valence-corrected chi connectivity index (χ4v) is 0.642. The number of carbonyl (C=O) groups excluding carboxylic acids is 1. The van der Waals surface area contributed by atoms with Crippen LogP contribution in [0.4, 0.5) is 13.2 Å². The minimum absolute atomic E-state index is 0.134. The molecule has 13 heavy (non-hydrogen) atoms. The van der Waals surface area contributed by atoms with E-state index < -0.39 is 23.8 Å². The van der Waals surface area contributed by atoms with Gasteiger partial charge in [0.25, 0.3) is 0 Å². The predicted octanol–water partition coefficient (Wildman–Crippen LogP) is 2.92. The molecule has 0 rings (SSSR count). The molecule has 5 heteroatoms. The van der Waals surface area contributed by atoms with E-state index >= 15 is 0 Å². The van der Waals surface area contributed by atoms with E-state index in [0.29, 0.717) is 0 Å². The molecule has 0 aliphatic carbocycles. The summed E-state index contributed by atoms with van der Waals surface area (Å²) in [7, 11) is 0. The number of hydrogen-bond acceptors (Lipinski definition) is 2. The second kappa shape index (κ2) is 3.74. The maximum absolute atomic E-state index is 11.8. The molecule has 0 amide bonds. The van der Waals surface area contributed by atoms with Crippen LogP contribution in [0.2, 0.25) is 0 Å². The monoisotopic (exact) mass is 212 g/mol. The average Bonchev–Trinajstić information content (AvgIpc) is 1.82. The Morgan fingerprint density at radius 1 is 1.23 bits per heavy atom. The quantitative estimate of drug-likeness (QED) is 0.655. The smallest absolute Gasteiger partial charge is 0.289 e. The van der Waals surface area contributed by atoms with Crippen molar-refractivity contribution in [3.05, 3.63) is 0 Å². The van der Waals surface area contributed by atoms with Crippen molar-refractivity contribution in [3.8, 4) is 0 Å². The van der Waals surface area contributed by atoms with E-state index in [-0.39, 0.29) is 4.86 Å². The molecule has 0 N–H and O–H groups in total. The van der Waals surface area contributed by atoms with Crippen molar-refractivity contribution in [2.24, 2.45) is 5.41 Å². The molecule has 0 aliphatic heterocycles. The molecule has 0 radical (unpaired) electrons. The third-order valence-corrected chi connectivity index (χ3v) is 2.23. The molecule has 0 saturated carbocycles. The molecule has 0 spiro atoms. The summed E-state index contributed by atoms with van der Waals surface area (Å²) in [5.74, 6) is -1.77. The van der Waals surface area contributed by atoms with Crippen LogP contribution in [-0.4, -0.2) is 16.8 Å². The molecule has 0 bridgehead atoms. The Morgan fingerprint density at radius 2 is 1.62 bits per heavy atom. The van der Waals surface area contributed by atoms with Crippen LogP contribution in [0.3, 0.4) is 0 Å². The van der Waals surface area contributed by atoms with Gasteiger partial charge in [-0.15, -0.1) is 0 Å². The first-order chi connectivity index (χ1) is 5.55. The number of rotatable bonds is 2. The summed E-state index contributed by atoms with van der Waals surface area (Å²) >= 11 is 4.72. The third kappa shape index (κ3) is 4.36. The Bertz CT molecular complexity index is 201. The van der Waals surface area contributed by atoms with Crippen LogP contribution in [0.15, 0.2) is 0 Å². The topological polar surface area (TPSA) is 17.1 Å². The van der Waals surface area contributed by atoms with Crippen LogP contribution in [0.1, 0.15) is 27.2 Å². The van der Waals surface area contributed by atoms with Crippen molar-refractivity contribution in [2.45, 2.75) is 33.4 Å². The van der Waals surface area contributed by atoms with E-state index in [2.05, 4.69) is 0 Å². The van der Waals surface area contributed by atoms with Gasteiger partial charge in [0.2, 0.25) is 5.78 Å². The van der Waals surface area contributed by atoms with E-state index in [1.165, 1.54) is 0 Å². The van der Waals surface area contributed by atoms with Crippen LogP contribution in [0.5, 0.6) is 0 Å². The predicted molar refractivity (Wildman–Crippen MR) is 47.7 cm³/mol. The summed E-state index contributed by atoms with van der Waals surface area (Å²) in [5.41, 5.74) is -0.532. The largest absolute Gasteiger partial charge is 0.450 e. The summed E-state index contributed by atoms with van der Waals surface area (Å²) in [6.45, 7) is 5.04. The third-order valence-electron chi connectivity index (χ3n) is 1.47. The lowest BCUT2D eigenvalue weighted by molar-refractivity contribution is -0.169. The van der Waals surface area contributed by atoms with Gasteiger partial charge in [-0.25, -0.2) is 0 Å². The molecule has 0 atom stereocenters. The summed E-state index contributed by atoms with van der Waals surface area (Å²) in [4.78, 5) is 10.6. The SMILES string of the molecule is CC(C)(C)C(=S)CC(=O)C(F)(F)F. The van der Waals surface area contributed by atoms with Crippen molar-refractivity contribution < 1.29 is 18.0 Å². The zero-order valence-electron chi connectivity index (χ0n) is 7.66. The number of thiocarbonyl (C=S) groups is 1. The van der Waals surface area contributed by atoms with Gasteiger partial charge in [0.15, 0.2) is 0 Å². The van der Waals surface area contributed by atoms with Gasteiger partial charge in [0.05, 0.1) is 0 Å². The highest BCUT2D eigenvalue weighted by Gasteiger charge is 2.39. The van der Waals surface area contributed by atoms with Gasteiger partial charge in [-0.05, 0) is 5.41 Å². The highest BCUT2D eigenvalue weighted by atomic mass is 32.1. The van der Waals surface area contributed by atoms with Gasteiger partial charge in [0.1, 0.15) is 0 Å². The van der Waals surface area contributed by atoms with Crippen LogP contribution < -0.4 is 0 Å². The zero-order valence-corrected chi connectivity index (χ0v) is 8.47. The lowest BCUT2D eigenvalue weighted by Gasteiger charge is -2.19. The number of hydrogen-bond donors (Lipinski definition) is 0. The Labute approximate surface area is 80.3 Å². The normalized spacial score (nSPS) is 12.8. The number of carbonyl (C=O) groups is 1. The zero-order chi connectivity index (χ0) is 10.9.